The molecule has 0 radical (unpaired) electrons. The molecule has 1 aromatic carbocycles. The van der Waals surface area contributed by atoms with E-state index in [-0.39, 0.29) is 11.3 Å². The van der Waals surface area contributed by atoms with Gasteiger partial charge in [0.25, 0.3) is 5.56 Å². The maximum Gasteiger partial charge on any atom is 0.283 e. The average Bonchev–Trinajstić information content (AvgIpc) is 2.90. The van der Waals surface area contributed by atoms with Crippen molar-refractivity contribution in [2.75, 3.05) is 48.8 Å². The number of benzene rings is 1. The lowest BCUT2D eigenvalue weighted by Gasteiger charge is -2.34. The molecule has 0 aliphatic carbocycles. The number of carbonyl (C=O) groups excluding carboxylic acids is 1. The summed E-state index contributed by atoms with van der Waals surface area (Å²) in [6.07, 6.45) is 5.52. The lowest BCUT2D eigenvalue weighted by molar-refractivity contribution is -0.111. The van der Waals surface area contributed by atoms with Crippen molar-refractivity contribution in [3.8, 4) is 5.82 Å². The SMILES string of the molecule is C=CC(=O)Nc1ccnc(-n2cnc(=O)c3cnc(Nc4ccc(N5CCN(C)CC5)cc4)nc32)c1. The molecule has 0 saturated carbocycles. The van der Waals surface area contributed by atoms with E-state index in [1.807, 2.05) is 12.1 Å². The highest BCUT2D eigenvalue weighted by Crippen LogP contribution is 2.22. The predicted octanol–water partition coefficient (Wildman–Crippen LogP) is 2.19. The number of carbonyl (C=O) groups is 1. The predicted molar refractivity (Wildman–Crippen MR) is 139 cm³/mol. The first-order valence-corrected chi connectivity index (χ1v) is 11.4. The zero-order valence-electron chi connectivity index (χ0n) is 19.8. The van der Waals surface area contributed by atoms with E-state index < -0.39 is 5.56 Å². The molecular formula is C25H25N9O2. The number of likely N-dealkylation sites (N-methyl/N-ethyl adjacent to an activating group) is 1. The Hall–Kier alpha value is -4.64. The Morgan fingerprint density at radius 1 is 1.03 bits per heavy atom. The lowest BCUT2D eigenvalue weighted by atomic mass is 10.2. The summed E-state index contributed by atoms with van der Waals surface area (Å²) >= 11 is 0. The Morgan fingerprint density at radius 2 is 1.81 bits per heavy atom. The summed E-state index contributed by atoms with van der Waals surface area (Å²) in [6.45, 7) is 7.53. The Balaban J connectivity index is 1.43. The van der Waals surface area contributed by atoms with Crippen molar-refractivity contribution in [2.45, 2.75) is 0 Å². The Bertz CT molecular complexity index is 1480. The monoisotopic (exact) mass is 483 g/mol. The minimum absolute atomic E-state index is 0.246. The van der Waals surface area contributed by atoms with Crippen LogP contribution < -0.4 is 21.1 Å². The minimum Gasteiger partial charge on any atom is -0.369 e. The third kappa shape index (κ3) is 4.91. The van der Waals surface area contributed by atoms with Gasteiger partial charge in [-0.3, -0.25) is 14.2 Å². The molecule has 0 unspecified atom stereocenters. The fraction of sp³-hybridized carbons (Fsp3) is 0.200. The van der Waals surface area contributed by atoms with Crippen molar-refractivity contribution < 1.29 is 4.79 Å². The Labute approximate surface area is 207 Å². The van der Waals surface area contributed by atoms with E-state index in [4.69, 9.17) is 0 Å². The molecule has 5 rings (SSSR count). The molecule has 36 heavy (non-hydrogen) atoms. The Kier molecular flexibility index (Phi) is 6.37. The first-order chi connectivity index (χ1) is 17.5. The van der Waals surface area contributed by atoms with Crippen molar-refractivity contribution >= 4 is 40.0 Å². The molecule has 1 aliphatic rings. The van der Waals surface area contributed by atoms with Crippen LogP contribution in [0.25, 0.3) is 16.9 Å². The normalized spacial score (nSPS) is 14.0. The molecule has 2 N–H and O–H groups in total. The first-order valence-electron chi connectivity index (χ1n) is 11.4. The molecule has 11 heteroatoms. The number of piperazine rings is 1. The van der Waals surface area contributed by atoms with E-state index in [2.05, 4.69) is 66.1 Å². The van der Waals surface area contributed by atoms with E-state index in [0.29, 0.717) is 23.1 Å². The highest BCUT2D eigenvalue weighted by molar-refractivity contribution is 5.99. The molecular weight excluding hydrogens is 458 g/mol. The number of hydrogen-bond donors (Lipinski definition) is 2. The van der Waals surface area contributed by atoms with Gasteiger partial charge in [-0.15, -0.1) is 0 Å². The van der Waals surface area contributed by atoms with Crippen molar-refractivity contribution in [1.29, 1.82) is 0 Å². The van der Waals surface area contributed by atoms with Crippen LogP contribution in [0.5, 0.6) is 0 Å². The number of pyridine rings is 1. The van der Waals surface area contributed by atoms with Gasteiger partial charge in [0.15, 0.2) is 5.65 Å². The summed E-state index contributed by atoms with van der Waals surface area (Å²) in [5.74, 6) is 0.406. The number of nitrogens with one attached hydrogen (secondary N) is 2. The molecule has 4 heterocycles. The summed E-state index contributed by atoms with van der Waals surface area (Å²) in [4.78, 5) is 45.9. The molecule has 3 aromatic heterocycles. The highest BCUT2D eigenvalue weighted by Gasteiger charge is 2.15. The van der Waals surface area contributed by atoms with Crippen LogP contribution in [0.15, 0.2) is 72.6 Å². The number of amides is 1. The van der Waals surface area contributed by atoms with E-state index in [0.717, 1.165) is 31.9 Å². The van der Waals surface area contributed by atoms with Gasteiger partial charge in [0.05, 0.1) is 0 Å². The van der Waals surface area contributed by atoms with Crippen molar-refractivity contribution in [1.82, 2.24) is 29.4 Å². The molecule has 1 aliphatic heterocycles. The maximum absolute atomic E-state index is 12.4. The van der Waals surface area contributed by atoms with Gasteiger partial charge in [-0.1, -0.05) is 6.58 Å². The van der Waals surface area contributed by atoms with Crippen LogP contribution in [0.4, 0.5) is 23.0 Å². The van der Waals surface area contributed by atoms with Gasteiger partial charge >= 0.3 is 0 Å². The number of rotatable bonds is 6. The number of anilines is 4. The second-order valence-corrected chi connectivity index (χ2v) is 8.41. The summed E-state index contributed by atoms with van der Waals surface area (Å²) in [5.41, 5.74) is 2.40. The van der Waals surface area contributed by atoms with Crippen LogP contribution in [0.3, 0.4) is 0 Å². The first kappa shape index (κ1) is 23.1. The maximum atomic E-state index is 12.4. The zero-order chi connectivity index (χ0) is 25.1. The van der Waals surface area contributed by atoms with Gasteiger partial charge < -0.3 is 20.4 Å². The van der Waals surface area contributed by atoms with Gasteiger partial charge in [-0.25, -0.2) is 9.97 Å². The minimum atomic E-state index is -0.444. The van der Waals surface area contributed by atoms with Gasteiger partial charge in [-0.05, 0) is 43.5 Å². The average molecular weight is 484 g/mol. The zero-order valence-corrected chi connectivity index (χ0v) is 19.8. The van der Waals surface area contributed by atoms with Gasteiger partial charge in [0.2, 0.25) is 11.9 Å². The molecule has 182 valence electrons. The molecule has 11 nitrogen and oxygen atoms in total. The molecule has 4 aromatic rings. The van der Waals surface area contributed by atoms with Gasteiger partial charge in [0, 0.05) is 61.7 Å². The third-order valence-electron chi connectivity index (χ3n) is 5.95. The van der Waals surface area contributed by atoms with Gasteiger partial charge in [0.1, 0.15) is 17.5 Å². The fourth-order valence-electron chi connectivity index (χ4n) is 3.94. The lowest BCUT2D eigenvalue weighted by Crippen LogP contribution is -2.44. The third-order valence-corrected chi connectivity index (χ3v) is 5.95. The standard InChI is InChI=1S/C25H25N9O2/c1-3-22(35)29-18-8-9-26-21(14-18)34-16-28-24(36)20-15-27-25(31-23(20)34)30-17-4-6-19(7-5-17)33-12-10-32(2)11-13-33/h3-9,14-16H,1,10-13H2,2H3,(H,26,29,35)(H,27,30,31). The van der Waals surface area contributed by atoms with E-state index in [1.165, 1.54) is 24.3 Å². The van der Waals surface area contributed by atoms with E-state index in [9.17, 15) is 9.59 Å². The van der Waals surface area contributed by atoms with Crippen LogP contribution in [-0.2, 0) is 4.79 Å². The smallest absolute Gasteiger partial charge is 0.283 e. The van der Waals surface area contributed by atoms with Crippen LogP contribution in [0.2, 0.25) is 0 Å². The number of nitrogens with zero attached hydrogens (tertiary/aromatic N) is 7. The summed E-state index contributed by atoms with van der Waals surface area (Å²) in [6, 6.07) is 11.4. The molecule has 1 saturated heterocycles. The van der Waals surface area contributed by atoms with Crippen molar-refractivity contribution in [2.24, 2.45) is 0 Å². The van der Waals surface area contributed by atoms with Crippen LogP contribution in [-0.4, -0.2) is 68.5 Å². The Morgan fingerprint density at radius 3 is 2.56 bits per heavy atom. The molecule has 1 amide bonds. The van der Waals surface area contributed by atoms with Crippen LogP contribution >= 0.6 is 0 Å². The fourth-order valence-corrected chi connectivity index (χ4v) is 3.94. The van der Waals surface area contributed by atoms with Crippen molar-refractivity contribution in [3.63, 3.8) is 0 Å². The molecule has 0 bridgehead atoms. The quantitative estimate of drug-likeness (QED) is 0.398. The summed E-state index contributed by atoms with van der Waals surface area (Å²) in [7, 11) is 2.14. The molecule has 0 spiro atoms. The van der Waals surface area contributed by atoms with E-state index in [1.54, 1.807) is 22.9 Å². The highest BCUT2D eigenvalue weighted by atomic mass is 16.1. The van der Waals surface area contributed by atoms with Crippen molar-refractivity contribution in [3.05, 3.63) is 78.1 Å². The number of hydrogen-bond acceptors (Lipinski definition) is 9. The topological polar surface area (TPSA) is 121 Å². The number of fused-ring (bicyclic) bond motifs is 1. The molecule has 0 atom stereocenters. The summed E-state index contributed by atoms with van der Waals surface area (Å²) in [5, 5.41) is 6.14. The van der Waals surface area contributed by atoms with E-state index >= 15 is 0 Å². The summed E-state index contributed by atoms with van der Waals surface area (Å²) < 4.78 is 1.57. The van der Waals surface area contributed by atoms with Gasteiger partial charge in [-0.2, -0.15) is 9.97 Å². The largest absolute Gasteiger partial charge is 0.369 e. The number of aromatic nitrogens is 5. The second-order valence-electron chi connectivity index (χ2n) is 8.41. The van der Waals surface area contributed by atoms with Crippen LogP contribution in [0, 0.1) is 0 Å². The second kappa shape index (κ2) is 9.92. The molecule has 1 fully saturated rings. The van der Waals surface area contributed by atoms with Crippen LogP contribution in [0.1, 0.15) is 0 Å².